The van der Waals surface area contributed by atoms with Crippen LogP contribution in [0.5, 0.6) is 0 Å². The van der Waals surface area contributed by atoms with Crippen LogP contribution in [0.4, 0.5) is 5.69 Å². The number of non-ortho nitro benzene ring substituents is 1. The lowest BCUT2D eigenvalue weighted by molar-refractivity contribution is -0.384. The molecular formula is C23H19NO6S. The number of nitro groups is 1. The molecule has 0 aromatic heterocycles. The summed E-state index contributed by atoms with van der Waals surface area (Å²) in [5.74, 6) is -1.38. The molecule has 1 atom stereocenters. The number of carbonyl (C=O) groups excluding carboxylic acids is 2. The van der Waals surface area contributed by atoms with Gasteiger partial charge in [-0.25, -0.2) is 8.42 Å². The van der Waals surface area contributed by atoms with E-state index in [2.05, 4.69) is 0 Å². The van der Waals surface area contributed by atoms with E-state index in [-0.39, 0.29) is 21.7 Å². The molecule has 3 aromatic carbocycles. The van der Waals surface area contributed by atoms with Crippen molar-refractivity contribution < 1.29 is 22.9 Å². The molecule has 31 heavy (non-hydrogen) atoms. The van der Waals surface area contributed by atoms with Gasteiger partial charge in [-0.2, -0.15) is 0 Å². The lowest BCUT2D eigenvalue weighted by Crippen LogP contribution is -2.33. The summed E-state index contributed by atoms with van der Waals surface area (Å²) >= 11 is 0. The van der Waals surface area contributed by atoms with Crippen LogP contribution in [0.3, 0.4) is 0 Å². The van der Waals surface area contributed by atoms with Crippen LogP contribution in [-0.2, 0) is 9.84 Å². The minimum absolute atomic E-state index is 0.0285. The van der Waals surface area contributed by atoms with E-state index in [1.165, 1.54) is 42.5 Å². The summed E-state index contributed by atoms with van der Waals surface area (Å²) in [5.41, 5.74) is 0.685. The molecule has 0 bridgehead atoms. The smallest absolute Gasteiger partial charge is 0.270 e. The molecule has 0 spiro atoms. The highest BCUT2D eigenvalue weighted by molar-refractivity contribution is 7.92. The van der Waals surface area contributed by atoms with Gasteiger partial charge < -0.3 is 0 Å². The zero-order valence-electron chi connectivity index (χ0n) is 16.6. The summed E-state index contributed by atoms with van der Waals surface area (Å²) in [7, 11) is -4.20. The molecule has 3 rings (SSSR count). The van der Waals surface area contributed by atoms with E-state index < -0.39 is 38.0 Å². The lowest BCUT2D eigenvalue weighted by atomic mass is 10.0. The van der Waals surface area contributed by atoms with E-state index in [1.54, 1.807) is 37.3 Å². The van der Waals surface area contributed by atoms with Gasteiger partial charge in [0, 0.05) is 29.7 Å². The number of benzene rings is 3. The maximum atomic E-state index is 13.3. The second-order valence-electron chi connectivity index (χ2n) is 7.01. The quantitative estimate of drug-likeness (QED) is 0.297. The zero-order valence-corrected chi connectivity index (χ0v) is 17.4. The fourth-order valence-corrected chi connectivity index (χ4v) is 4.74. The van der Waals surface area contributed by atoms with E-state index in [9.17, 15) is 28.1 Å². The van der Waals surface area contributed by atoms with Crippen molar-refractivity contribution in [2.24, 2.45) is 0 Å². The Kier molecular flexibility index (Phi) is 6.41. The average molecular weight is 437 g/mol. The van der Waals surface area contributed by atoms with Gasteiger partial charge >= 0.3 is 0 Å². The molecule has 8 heteroatoms. The van der Waals surface area contributed by atoms with Gasteiger partial charge in [0.25, 0.3) is 5.69 Å². The highest BCUT2D eigenvalue weighted by Gasteiger charge is 2.36. The van der Waals surface area contributed by atoms with Gasteiger partial charge in [-0.3, -0.25) is 19.7 Å². The van der Waals surface area contributed by atoms with E-state index in [1.807, 2.05) is 0 Å². The van der Waals surface area contributed by atoms with Gasteiger partial charge in [0.15, 0.2) is 21.4 Å². The summed E-state index contributed by atoms with van der Waals surface area (Å²) in [5, 5.41) is 9.34. The molecule has 158 valence electrons. The molecule has 0 heterocycles. The van der Waals surface area contributed by atoms with Gasteiger partial charge in [0.1, 0.15) is 5.25 Å². The van der Waals surface area contributed by atoms with Crippen LogP contribution in [0.1, 0.15) is 32.7 Å². The van der Waals surface area contributed by atoms with Crippen LogP contribution in [0, 0.1) is 17.0 Å². The Morgan fingerprint density at radius 3 is 2.13 bits per heavy atom. The van der Waals surface area contributed by atoms with Crippen LogP contribution in [0.15, 0.2) is 83.8 Å². The van der Waals surface area contributed by atoms with E-state index >= 15 is 0 Å². The fraction of sp³-hybridized carbons (Fsp3) is 0.130. The first-order valence-corrected chi connectivity index (χ1v) is 10.9. The first kappa shape index (κ1) is 22.0. The molecule has 7 nitrogen and oxygen atoms in total. The monoisotopic (exact) mass is 437 g/mol. The van der Waals surface area contributed by atoms with Gasteiger partial charge in [-0.1, -0.05) is 60.2 Å². The average Bonchev–Trinajstić information content (AvgIpc) is 2.77. The molecule has 0 N–H and O–H groups in total. The maximum Gasteiger partial charge on any atom is 0.270 e. The van der Waals surface area contributed by atoms with Crippen molar-refractivity contribution in [2.45, 2.75) is 23.5 Å². The van der Waals surface area contributed by atoms with Gasteiger partial charge in [0.05, 0.1) is 9.82 Å². The third kappa shape index (κ3) is 4.92. The Balaban J connectivity index is 2.03. The number of hydrogen-bond acceptors (Lipinski definition) is 6. The SMILES string of the molecule is Cc1ccc(S(=O)(=O)[C@@H](CC(=O)c2cccc([N+](=O)[O-])c2)C(=O)c2ccccc2)cc1. The molecule has 0 fully saturated rings. The Labute approximate surface area is 179 Å². The number of Topliss-reactive ketones (excluding diaryl/α,β-unsaturated/α-hetero) is 2. The van der Waals surface area contributed by atoms with Crippen molar-refractivity contribution in [3.63, 3.8) is 0 Å². The zero-order chi connectivity index (χ0) is 22.6. The van der Waals surface area contributed by atoms with Gasteiger partial charge in [-0.05, 0) is 19.1 Å². The number of aryl methyl sites for hydroxylation is 1. The molecule has 0 unspecified atom stereocenters. The molecule has 0 amide bonds. The van der Waals surface area contributed by atoms with Crippen LogP contribution in [0.2, 0.25) is 0 Å². The minimum atomic E-state index is -4.20. The van der Waals surface area contributed by atoms with Crippen molar-refractivity contribution in [1.82, 2.24) is 0 Å². The molecule has 0 aliphatic carbocycles. The van der Waals surface area contributed by atoms with E-state index in [0.717, 1.165) is 11.6 Å². The second kappa shape index (κ2) is 9.01. The first-order chi connectivity index (χ1) is 14.7. The number of nitro benzene ring substituents is 1. The van der Waals surface area contributed by atoms with Crippen molar-refractivity contribution in [3.8, 4) is 0 Å². The maximum absolute atomic E-state index is 13.3. The molecule has 0 saturated carbocycles. The molecular weight excluding hydrogens is 418 g/mol. The summed E-state index contributed by atoms with van der Waals surface area (Å²) in [6.45, 7) is 1.80. The topological polar surface area (TPSA) is 111 Å². The predicted octanol–water partition coefficient (Wildman–Crippen LogP) is 4.20. The van der Waals surface area contributed by atoms with Gasteiger partial charge in [0.2, 0.25) is 0 Å². The number of hydrogen-bond donors (Lipinski definition) is 0. The first-order valence-electron chi connectivity index (χ1n) is 9.37. The normalized spacial score (nSPS) is 12.2. The van der Waals surface area contributed by atoms with Crippen molar-refractivity contribution in [1.29, 1.82) is 0 Å². The minimum Gasteiger partial charge on any atom is -0.294 e. The lowest BCUT2D eigenvalue weighted by Gasteiger charge is -2.17. The Morgan fingerprint density at radius 1 is 0.903 bits per heavy atom. The summed E-state index contributed by atoms with van der Waals surface area (Å²) < 4.78 is 26.6. The van der Waals surface area contributed by atoms with Crippen molar-refractivity contribution in [2.75, 3.05) is 0 Å². The summed E-state index contributed by atoms with van der Waals surface area (Å²) in [6.07, 6.45) is -0.634. The third-order valence-corrected chi connectivity index (χ3v) is 6.88. The largest absolute Gasteiger partial charge is 0.294 e. The Bertz CT molecular complexity index is 1230. The fourth-order valence-electron chi connectivity index (χ4n) is 3.10. The van der Waals surface area contributed by atoms with Crippen LogP contribution < -0.4 is 0 Å². The van der Waals surface area contributed by atoms with Crippen molar-refractivity contribution >= 4 is 27.1 Å². The van der Waals surface area contributed by atoms with E-state index in [0.29, 0.717) is 0 Å². The number of nitrogens with zero attached hydrogens (tertiary/aromatic N) is 1. The second-order valence-corrected chi connectivity index (χ2v) is 9.14. The van der Waals surface area contributed by atoms with E-state index in [4.69, 9.17) is 0 Å². The molecule has 0 radical (unpaired) electrons. The third-order valence-electron chi connectivity index (χ3n) is 4.82. The van der Waals surface area contributed by atoms with Crippen LogP contribution >= 0.6 is 0 Å². The molecule has 0 aliphatic rings. The highest BCUT2D eigenvalue weighted by Crippen LogP contribution is 2.25. The molecule has 0 saturated heterocycles. The number of rotatable bonds is 8. The number of ketones is 2. The molecule has 0 aliphatic heterocycles. The Hall–Kier alpha value is -3.65. The molecule has 3 aromatic rings. The van der Waals surface area contributed by atoms with Crippen LogP contribution in [0.25, 0.3) is 0 Å². The summed E-state index contributed by atoms with van der Waals surface area (Å²) in [6, 6.07) is 18.9. The highest BCUT2D eigenvalue weighted by atomic mass is 32.2. The predicted molar refractivity (Wildman–Crippen MR) is 115 cm³/mol. The van der Waals surface area contributed by atoms with Crippen molar-refractivity contribution in [3.05, 3.63) is 106 Å². The van der Waals surface area contributed by atoms with Crippen LogP contribution in [-0.4, -0.2) is 30.2 Å². The Morgan fingerprint density at radius 2 is 1.52 bits per heavy atom. The number of sulfone groups is 1. The summed E-state index contributed by atoms with van der Waals surface area (Å²) in [4.78, 5) is 36.3. The number of carbonyl (C=O) groups is 2. The van der Waals surface area contributed by atoms with Gasteiger partial charge in [-0.15, -0.1) is 0 Å². The standard InChI is InChI=1S/C23H19NO6S/c1-16-10-12-20(13-11-16)31(29,30)22(23(26)17-6-3-2-4-7-17)15-21(25)18-8-5-9-19(14-18)24(27)28/h2-14,22H,15H2,1H3/t22-/m0/s1.